The van der Waals surface area contributed by atoms with Crippen molar-refractivity contribution in [2.24, 2.45) is 17.8 Å². The number of rotatable bonds is 7. The third-order valence-electron chi connectivity index (χ3n) is 3.69. The summed E-state index contributed by atoms with van der Waals surface area (Å²) in [5.41, 5.74) is 0. The Kier molecular flexibility index (Phi) is 5.61. The quantitative estimate of drug-likeness (QED) is 0.697. The van der Waals surface area contributed by atoms with Crippen LogP contribution in [-0.4, -0.2) is 37.1 Å². The average molecular weight is 252 g/mol. The summed E-state index contributed by atoms with van der Waals surface area (Å²) in [6.45, 7) is 7.03. The summed E-state index contributed by atoms with van der Waals surface area (Å²) in [6, 6.07) is 2.36. The van der Waals surface area contributed by atoms with Crippen molar-refractivity contribution >= 4 is 5.91 Å². The fraction of sp³-hybridized carbons (Fsp3) is 0.857. The van der Waals surface area contributed by atoms with E-state index in [4.69, 9.17) is 10.00 Å². The Labute approximate surface area is 110 Å². The van der Waals surface area contributed by atoms with E-state index in [0.29, 0.717) is 19.1 Å². The number of amides is 1. The molecular formula is C14H24N2O2. The minimum atomic E-state index is -0.539. The summed E-state index contributed by atoms with van der Waals surface area (Å²) in [7, 11) is 1.63. The Morgan fingerprint density at radius 2 is 2.06 bits per heavy atom. The summed E-state index contributed by atoms with van der Waals surface area (Å²) in [5.74, 6) is 0.0864. The number of hydrogen-bond donors (Lipinski definition) is 0. The lowest BCUT2D eigenvalue weighted by Gasteiger charge is -2.31. The predicted molar refractivity (Wildman–Crippen MR) is 69.7 cm³/mol. The molecule has 0 aromatic rings. The van der Waals surface area contributed by atoms with Crippen LogP contribution in [0, 0.1) is 29.1 Å². The van der Waals surface area contributed by atoms with Gasteiger partial charge in [-0.3, -0.25) is 4.79 Å². The zero-order valence-corrected chi connectivity index (χ0v) is 11.8. The van der Waals surface area contributed by atoms with Crippen molar-refractivity contribution in [1.82, 2.24) is 4.90 Å². The van der Waals surface area contributed by atoms with Gasteiger partial charge in [0.1, 0.15) is 5.92 Å². The van der Waals surface area contributed by atoms with E-state index < -0.39 is 5.92 Å². The Morgan fingerprint density at radius 3 is 2.44 bits per heavy atom. The van der Waals surface area contributed by atoms with Gasteiger partial charge in [0, 0.05) is 19.7 Å². The van der Waals surface area contributed by atoms with Gasteiger partial charge < -0.3 is 9.64 Å². The maximum absolute atomic E-state index is 12.4. The first kappa shape index (κ1) is 15.0. The molecule has 0 spiro atoms. The zero-order valence-electron chi connectivity index (χ0n) is 11.8. The number of methoxy groups -OCH3 is 1. The molecule has 0 heterocycles. The molecule has 0 aromatic carbocycles. The van der Waals surface area contributed by atoms with E-state index in [1.165, 1.54) is 12.8 Å². The van der Waals surface area contributed by atoms with E-state index in [9.17, 15) is 4.79 Å². The van der Waals surface area contributed by atoms with E-state index in [1.807, 2.05) is 18.7 Å². The van der Waals surface area contributed by atoms with Crippen molar-refractivity contribution in [3.05, 3.63) is 0 Å². The highest BCUT2D eigenvalue weighted by molar-refractivity contribution is 5.81. The molecule has 0 bridgehead atoms. The van der Waals surface area contributed by atoms with Gasteiger partial charge in [0.25, 0.3) is 0 Å². The van der Waals surface area contributed by atoms with Crippen LogP contribution in [0.2, 0.25) is 0 Å². The maximum Gasteiger partial charge on any atom is 0.240 e. The lowest BCUT2D eigenvalue weighted by atomic mass is 9.95. The molecule has 0 radical (unpaired) electrons. The molecule has 1 fully saturated rings. The van der Waals surface area contributed by atoms with Crippen LogP contribution in [0.15, 0.2) is 0 Å². The molecule has 0 aromatic heterocycles. The second-order valence-corrected chi connectivity index (χ2v) is 5.45. The topological polar surface area (TPSA) is 53.3 Å². The molecule has 1 saturated carbocycles. The molecule has 2 unspecified atom stereocenters. The Bertz CT molecular complexity index is 318. The molecule has 1 aliphatic carbocycles. The van der Waals surface area contributed by atoms with Gasteiger partial charge in [-0.05, 0) is 31.6 Å². The lowest BCUT2D eigenvalue weighted by Crippen LogP contribution is -2.45. The SMILES string of the molecule is COCCN(C(=O)C(C#N)C(C)C)C(C)C1CC1. The number of carbonyl (C=O) groups excluding carboxylic acids is 1. The Balaban J connectivity index is 2.74. The van der Waals surface area contributed by atoms with Crippen LogP contribution in [-0.2, 0) is 9.53 Å². The minimum absolute atomic E-state index is 0.0380. The van der Waals surface area contributed by atoms with Crippen molar-refractivity contribution < 1.29 is 9.53 Å². The molecule has 0 saturated heterocycles. The van der Waals surface area contributed by atoms with E-state index in [-0.39, 0.29) is 17.9 Å². The Morgan fingerprint density at radius 1 is 1.44 bits per heavy atom. The molecular weight excluding hydrogens is 228 g/mol. The number of carbonyl (C=O) groups is 1. The van der Waals surface area contributed by atoms with E-state index in [1.54, 1.807) is 7.11 Å². The molecule has 1 aliphatic rings. The van der Waals surface area contributed by atoms with Crippen molar-refractivity contribution in [3.63, 3.8) is 0 Å². The summed E-state index contributed by atoms with van der Waals surface area (Å²) >= 11 is 0. The number of hydrogen-bond acceptors (Lipinski definition) is 3. The third kappa shape index (κ3) is 3.71. The first-order valence-corrected chi connectivity index (χ1v) is 6.72. The standard InChI is InChI=1S/C14H24N2O2/c1-10(2)13(9-15)14(17)16(7-8-18-4)11(3)12-5-6-12/h10-13H,5-8H2,1-4H3. The summed E-state index contributed by atoms with van der Waals surface area (Å²) in [4.78, 5) is 14.3. The Hall–Kier alpha value is -1.08. The van der Waals surface area contributed by atoms with Gasteiger partial charge in [-0.25, -0.2) is 0 Å². The van der Waals surface area contributed by atoms with Crippen LogP contribution >= 0.6 is 0 Å². The first-order chi connectivity index (χ1) is 8.52. The van der Waals surface area contributed by atoms with Gasteiger partial charge in [-0.1, -0.05) is 13.8 Å². The maximum atomic E-state index is 12.4. The first-order valence-electron chi connectivity index (χ1n) is 6.72. The second kappa shape index (κ2) is 6.75. The molecule has 0 N–H and O–H groups in total. The summed E-state index contributed by atoms with van der Waals surface area (Å²) in [6.07, 6.45) is 2.38. The van der Waals surface area contributed by atoms with E-state index in [2.05, 4.69) is 13.0 Å². The molecule has 1 amide bonds. The van der Waals surface area contributed by atoms with Crippen LogP contribution in [0.4, 0.5) is 0 Å². The average Bonchev–Trinajstić information content (AvgIpc) is 3.13. The molecule has 0 aliphatic heterocycles. The number of nitriles is 1. The smallest absolute Gasteiger partial charge is 0.240 e. The van der Waals surface area contributed by atoms with Crippen LogP contribution in [0.3, 0.4) is 0 Å². The molecule has 2 atom stereocenters. The predicted octanol–water partition coefficient (Wildman–Crippen LogP) is 2.06. The van der Waals surface area contributed by atoms with Crippen LogP contribution in [0.25, 0.3) is 0 Å². The molecule has 4 heteroatoms. The van der Waals surface area contributed by atoms with Gasteiger partial charge >= 0.3 is 0 Å². The summed E-state index contributed by atoms with van der Waals surface area (Å²) < 4.78 is 5.07. The monoisotopic (exact) mass is 252 g/mol. The van der Waals surface area contributed by atoms with Crippen molar-refractivity contribution in [1.29, 1.82) is 5.26 Å². The van der Waals surface area contributed by atoms with E-state index in [0.717, 1.165) is 0 Å². The van der Waals surface area contributed by atoms with Gasteiger partial charge in [0.15, 0.2) is 0 Å². The number of nitrogens with zero attached hydrogens (tertiary/aromatic N) is 2. The molecule has 18 heavy (non-hydrogen) atoms. The minimum Gasteiger partial charge on any atom is -0.383 e. The third-order valence-corrected chi connectivity index (χ3v) is 3.69. The van der Waals surface area contributed by atoms with Crippen molar-refractivity contribution in [2.75, 3.05) is 20.3 Å². The molecule has 4 nitrogen and oxygen atoms in total. The van der Waals surface area contributed by atoms with Gasteiger partial charge in [-0.15, -0.1) is 0 Å². The van der Waals surface area contributed by atoms with Gasteiger partial charge in [-0.2, -0.15) is 5.26 Å². The largest absolute Gasteiger partial charge is 0.383 e. The van der Waals surface area contributed by atoms with Crippen molar-refractivity contribution in [3.8, 4) is 6.07 Å². The second-order valence-electron chi connectivity index (χ2n) is 5.45. The highest BCUT2D eigenvalue weighted by Gasteiger charge is 2.37. The highest BCUT2D eigenvalue weighted by atomic mass is 16.5. The summed E-state index contributed by atoms with van der Waals surface area (Å²) in [5, 5.41) is 9.15. The van der Waals surface area contributed by atoms with E-state index >= 15 is 0 Å². The molecule has 102 valence electrons. The van der Waals surface area contributed by atoms with Gasteiger partial charge in [0.05, 0.1) is 12.7 Å². The fourth-order valence-corrected chi connectivity index (χ4v) is 2.21. The highest BCUT2D eigenvalue weighted by Crippen LogP contribution is 2.35. The zero-order chi connectivity index (χ0) is 13.7. The van der Waals surface area contributed by atoms with Crippen molar-refractivity contribution in [2.45, 2.75) is 39.7 Å². The normalized spacial score (nSPS) is 18.2. The lowest BCUT2D eigenvalue weighted by molar-refractivity contribution is -0.138. The fourth-order valence-electron chi connectivity index (χ4n) is 2.21. The number of ether oxygens (including phenoxy) is 1. The van der Waals surface area contributed by atoms with Crippen LogP contribution in [0.1, 0.15) is 33.6 Å². The van der Waals surface area contributed by atoms with Crippen LogP contribution in [0.5, 0.6) is 0 Å². The van der Waals surface area contributed by atoms with Gasteiger partial charge in [0.2, 0.25) is 5.91 Å². The van der Waals surface area contributed by atoms with Crippen LogP contribution < -0.4 is 0 Å². The molecule has 1 rings (SSSR count).